The maximum Gasteiger partial charge on any atom is 0.406 e. The number of halogens is 4. The fourth-order valence-electron chi connectivity index (χ4n) is 1.71. The summed E-state index contributed by atoms with van der Waals surface area (Å²) in [7, 11) is 0. The van der Waals surface area contributed by atoms with E-state index in [2.05, 4.69) is 5.32 Å². The molecule has 0 heterocycles. The van der Waals surface area contributed by atoms with Gasteiger partial charge in [-0.25, -0.2) is 4.39 Å². The molecule has 0 bridgehead atoms. The molecule has 0 aliphatic carbocycles. The molecule has 96 valence electrons. The van der Waals surface area contributed by atoms with Gasteiger partial charge >= 0.3 is 6.18 Å². The van der Waals surface area contributed by atoms with Crippen molar-refractivity contribution in [1.29, 1.82) is 0 Å². The topological polar surface area (TPSA) is 12.0 Å². The van der Waals surface area contributed by atoms with Crippen molar-refractivity contribution in [2.24, 2.45) is 0 Å². The van der Waals surface area contributed by atoms with E-state index in [1.807, 2.05) is 0 Å². The van der Waals surface area contributed by atoms with Gasteiger partial charge in [-0.2, -0.15) is 13.2 Å². The van der Waals surface area contributed by atoms with E-state index in [1.165, 1.54) is 18.2 Å². The molecule has 0 fully saturated rings. The van der Waals surface area contributed by atoms with Crippen molar-refractivity contribution in [3.8, 4) is 0 Å². The molecule has 1 N–H and O–H groups in total. The first-order chi connectivity index (χ1) is 7.78. The Morgan fingerprint density at radius 2 is 1.88 bits per heavy atom. The van der Waals surface area contributed by atoms with Crippen LogP contribution < -0.4 is 5.32 Å². The van der Waals surface area contributed by atoms with Crippen LogP contribution in [0.1, 0.15) is 19.4 Å². The maximum atomic E-state index is 12.9. The second kappa shape index (κ2) is 5.04. The zero-order valence-corrected chi connectivity index (χ0v) is 9.74. The second-order valence-electron chi connectivity index (χ2n) is 4.17. The summed E-state index contributed by atoms with van der Waals surface area (Å²) < 4.78 is 51.7. The Hall–Kier alpha value is -1.10. The molecular weight excluding hydrogens is 234 g/mol. The van der Waals surface area contributed by atoms with Gasteiger partial charge in [-0.3, -0.25) is 0 Å². The summed E-state index contributed by atoms with van der Waals surface area (Å²) in [5.41, 5.74) is -1.71. The van der Waals surface area contributed by atoms with Crippen LogP contribution in [0.2, 0.25) is 0 Å². The minimum atomic E-state index is -4.38. The summed E-state index contributed by atoms with van der Waals surface area (Å²) in [4.78, 5) is 0. The summed E-state index contributed by atoms with van der Waals surface area (Å²) in [6.07, 6.45) is -4.67. The number of alkyl halides is 3. The molecule has 1 unspecified atom stereocenters. The molecule has 1 rings (SSSR count). The Bertz CT molecular complexity index is 375. The van der Waals surface area contributed by atoms with Gasteiger partial charge < -0.3 is 5.32 Å². The zero-order chi connectivity index (χ0) is 13.1. The average molecular weight is 249 g/mol. The van der Waals surface area contributed by atoms with E-state index in [1.54, 1.807) is 6.92 Å². The van der Waals surface area contributed by atoms with Crippen LogP contribution in [0.15, 0.2) is 24.3 Å². The Balaban J connectivity index is 2.95. The lowest BCUT2D eigenvalue weighted by Gasteiger charge is -2.33. The van der Waals surface area contributed by atoms with E-state index in [0.717, 1.165) is 13.0 Å². The van der Waals surface area contributed by atoms with E-state index in [4.69, 9.17) is 0 Å². The van der Waals surface area contributed by atoms with Crippen molar-refractivity contribution in [3.63, 3.8) is 0 Å². The highest BCUT2D eigenvalue weighted by atomic mass is 19.4. The normalized spacial score (nSPS) is 15.6. The number of hydrogen-bond acceptors (Lipinski definition) is 1. The van der Waals surface area contributed by atoms with Crippen molar-refractivity contribution < 1.29 is 17.6 Å². The lowest BCUT2D eigenvalue weighted by Crippen LogP contribution is -2.55. The van der Waals surface area contributed by atoms with Gasteiger partial charge in [0.05, 0.1) is 0 Å². The summed E-state index contributed by atoms with van der Waals surface area (Å²) >= 11 is 0. The summed E-state index contributed by atoms with van der Waals surface area (Å²) in [5.74, 6) is -0.525. The smallest absolute Gasteiger partial charge is 0.304 e. The van der Waals surface area contributed by atoms with Gasteiger partial charge in [0, 0.05) is 0 Å². The first-order valence-corrected chi connectivity index (χ1v) is 5.35. The Morgan fingerprint density at radius 3 is 2.35 bits per heavy atom. The average Bonchev–Trinajstić information content (AvgIpc) is 2.15. The van der Waals surface area contributed by atoms with Gasteiger partial charge in [0.15, 0.2) is 0 Å². The van der Waals surface area contributed by atoms with Crippen LogP contribution in [-0.4, -0.2) is 18.3 Å². The SMILES string of the molecule is CCNC(C)(Cc1cccc(F)c1)C(F)(F)F. The molecule has 1 nitrogen and oxygen atoms in total. The molecule has 0 aromatic heterocycles. The third-order valence-electron chi connectivity index (χ3n) is 2.64. The second-order valence-corrected chi connectivity index (χ2v) is 4.17. The molecule has 1 aromatic rings. The lowest BCUT2D eigenvalue weighted by molar-refractivity contribution is -0.190. The fraction of sp³-hybridized carbons (Fsp3) is 0.500. The Labute approximate surface area is 97.8 Å². The van der Waals surface area contributed by atoms with Gasteiger partial charge in [-0.05, 0) is 37.6 Å². The molecule has 17 heavy (non-hydrogen) atoms. The van der Waals surface area contributed by atoms with Crippen molar-refractivity contribution in [2.75, 3.05) is 6.54 Å². The van der Waals surface area contributed by atoms with Gasteiger partial charge in [0.1, 0.15) is 11.4 Å². The first-order valence-electron chi connectivity index (χ1n) is 5.35. The van der Waals surface area contributed by atoms with Crippen LogP contribution in [0.4, 0.5) is 17.6 Å². The summed E-state index contributed by atoms with van der Waals surface area (Å²) in [5, 5.41) is 2.42. The summed E-state index contributed by atoms with van der Waals surface area (Å²) in [6.45, 7) is 2.89. The van der Waals surface area contributed by atoms with Crippen molar-refractivity contribution in [2.45, 2.75) is 32.0 Å². The van der Waals surface area contributed by atoms with E-state index in [0.29, 0.717) is 5.56 Å². The van der Waals surface area contributed by atoms with Crippen LogP contribution in [0.3, 0.4) is 0 Å². The highest BCUT2D eigenvalue weighted by Crippen LogP contribution is 2.33. The highest BCUT2D eigenvalue weighted by molar-refractivity contribution is 5.19. The van der Waals surface area contributed by atoms with Crippen molar-refractivity contribution in [1.82, 2.24) is 5.32 Å². The van der Waals surface area contributed by atoms with Crippen LogP contribution in [-0.2, 0) is 6.42 Å². The molecule has 0 aliphatic heterocycles. The molecular formula is C12H15F4N. The summed E-state index contributed by atoms with van der Waals surface area (Å²) in [6, 6.07) is 5.24. The van der Waals surface area contributed by atoms with Gasteiger partial charge in [-0.15, -0.1) is 0 Å². The fourth-order valence-corrected chi connectivity index (χ4v) is 1.71. The molecule has 0 saturated heterocycles. The molecule has 1 atom stereocenters. The van der Waals surface area contributed by atoms with Gasteiger partial charge in [0.2, 0.25) is 0 Å². The molecule has 5 heteroatoms. The molecule has 0 aliphatic rings. The predicted molar refractivity (Wildman–Crippen MR) is 58.2 cm³/mol. The maximum absolute atomic E-state index is 12.9. The van der Waals surface area contributed by atoms with Crippen LogP contribution in [0.25, 0.3) is 0 Å². The van der Waals surface area contributed by atoms with Crippen molar-refractivity contribution in [3.05, 3.63) is 35.6 Å². The quantitative estimate of drug-likeness (QED) is 0.807. The van der Waals surface area contributed by atoms with E-state index in [9.17, 15) is 17.6 Å². The van der Waals surface area contributed by atoms with Crippen LogP contribution in [0, 0.1) is 5.82 Å². The molecule has 0 amide bonds. The highest BCUT2D eigenvalue weighted by Gasteiger charge is 2.50. The number of rotatable bonds is 4. The van der Waals surface area contributed by atoms with E-state index < -0.39 is 17.5 Å². The minimum Gasteiger partial charge on any atom is -0.304 e. The third-order valence-corrected chi connectivity index (χ3v) is 2.64. The number of nitrogens with one attached hydrogen (secondary N) is 1. The molecule has 1 aromatic carbocycles. The molecule has 0 spiro atoms. The van der Waals surface area contributed by atoms with Crippen LogP contribution in [0.5, 0.6) is 0 Å². The zero-order valence-electron chi connectivity index (χ0n) is 9.74. The molecule has 0 saturated carbocycles. The predicted octanol–water partition coefficient (Wildman–Crippen LogP) is 3.30. The van der Waals surface area contributed by atoms with E-state index >= 15 is 0 Å². The van der Waals surface area contributed by atoms with Crippen molar-refractivity contribution >= 4 is 0 Å². The molecule has 0 radical (unpaired) electrons. The largest absolute Gasteiger partial charge is 0.406 e. The van der Waals surface area contributed by atoms with E-state index in [-0.39, 0.29) is 13.0 Å². The van der Waals surface area contributed by atoms with Crippen LogP contribution >= 0.6 is 0 Å². The minimum absolute atomic E-state index is 0.200. The Morgan fingerprint density at radius 1 is 1.24 bits per heavy atom. The van der Waals surface area contributed by atoms with Gasteiger partial charge in [-0.1, -0.05) is 19.1 Å². The number of hydrogen-bond donors (Lipinski definition) is 1. The monoisotopic (exact) mass is 249 g/mol. The number of benzene rings is 1. The standard InChI is InChI=1S/C12H15F4N/c1-3-17-11(2,12(14,15)16)8-9-5-4-6-10(13)7-9/h4-7,17H,3,8H2,1-2H3. The lowest BCUT2D eigenvalue weighted by atomic mass is 9.92. The number of likely N-dealkylation sites (N-methyl/N-ethyl adjacent to an activating group) is 1. The first kappa shape index (κ1) is 14.0. The third kappa shape index (κ3) is 3.43. The van der Waals surface area contributed by atoms with Gasteiger partial charge in [0.25, 0.3) is 0 Å². The Kier molecular flexibility index (Phi) is 4.14.